The number of rotatable bonds is 31. The van der Waals surface area contributed by atoms with Gasteiger partial charge in [0.1, 0.15) is 48.3 Å². The minimum atomic E-state index is -1.74. The van der Waals surface area contributed by atoms with Gasteiger partial charge >= 0.3 is 5.97 Å². The standard InChI is InChI=1S/C47H81N15O12/c1-25(2)19-31(56-38(65)29(49)11-6-7-15-48)39(66)57-32(21-28-22-52-24-54-28)40(67)59-34(23-63)41(68)60-37(27(5)64)45(72)62-18-10-14-36(62)42(69)55-30(12-8-16-53-47(50)51)44(71)61-17-9-13-35(61)43(70)58-33(46(73)74)20-26(3)4/h22,24-27,29-37,63-64H,6-21,23,48-49H2,1-5H3,(H,52,54)(H,55,69)(H,56,65)(H,57,66)(H,58,70)(H,59,67)(H,60,68)(H,73,74)(H4,50,51,53)/t27-,29+,30+,31+,32+,33+,34+,35+,36+,37+/m1/s1. The largest absolute Gasteiger partial charge is 0.480 e. The number of carbonyl (C=O) groups is 9. The number of unbranched alkanes of at least 4 members (excludes halogenated alkanes) is 1. The maximum Gasteiger partial charge on any atom is 0.326 e. The van der Waals surface area contributed by atoms with E-state index in [0.717, 1.165) is 4.90 Å². The van der Waals surface area contributed by atoms with E-state index in [-0.39, 0.29) is 82.4 Å². The number of aliphatic carboxylic acids is 1. The normalized spacial score (nSPS) is 18.7. The molecule has 2 aliphatic heterocycles. The van der Waals surface area contributed by atoms with Crippen molar-refractivity contribution in [1.29, 1.82) is 0 Å². The van der Waals surface area contributed by atoms with E-state index in [1.54, 1.807) is 0 Å². The van der Waals surface area contributed by atoms with Gasteiger partial charge in [0.25, 0.3) is 0 Å². The monoisotopic (exact) mass is 1050 g/mol. The Morgan fingerprint density at radius 3 is 1.78 bits per heavy atom. The molecule has 2 aliphatic rings. The van der Waals surface area contributed by atoms with Crippen molar-refractivity contribution in [2.45, 2.75) is 172 Å². The molecular formula is C47H81N15O12. The molecule has 18 N–H and O–H groups in total. The number of aromatic amines is 1. The van der Waals surface area contributed by atoms with Crippen LogP contribution in [0, 0.1) is 11.8 Å². The van der Waals surface area contributed by atoms with Gasteiger partial charge < -0.3 is 84.9 Å². The number of hydrogen-bond acceptors (Lipinski definition) is 15. The van der Waals surface area contributed by atoms with Gasteiger partial charge in [-0.1, -0.05) is 34.1 Å². The quantitative estimate of drug-likeness (QED) is 0.0191. The molecule has 74 heavy (non-hydrogen) atoms. The van der Waals surface area contributed by atoms with Crippen LogP contribution in [0.15, 0.2) is 17.5 Å². The van der Waals surface area contributed by atoms with Gasteiger partial charge in [-0.2, -0.15) is 0 Å². The fourth-order valence-electron chi connectivity index (χ4n) is 8.80. The summed E-state index contributed by atoms with van der Waals surface area (Å²) in [6.07, 6.45) is 4.24. The molecule has 10 atom stereocenters. The highest BCUT2D eigenvalue weighted by Crippen LogP contribution is 2.23. The number of imidazole rings is 1. The van der Waals surface area contributed by atoms with E-state index < -0.39 is 120 Å². The summed E-state index contributed by atoms with van der Waals surface area (Å²) in [5.41, 5.74) is 23.0. The van der Waals surface area contributed by atoms with E-state index in [1.807, 2.05) is 27.7 Å². The zero-order valence-corrected chi connectivity index (χ0v) is 43.2. The summed E-state index contributed by atoms with van der Waals surface area (Å²) in [4.78, 5) is 136. The highest BCUT2D eigenvalue weighted by atomic mass is 16.4. The number of carboxylic acids is 1. The van der Waals surface area contributed by atoms with Crippen molar-refractivity contribution >= 4 is 59.2 Å². The molecule has 416 valence electrons. The van der Waals surface area contributed by atoms with Gasteiger partial charge in [0.15, 0.2) is 5.96 Å². The maximum atomic E-state index is 14.2. The molecule has 3 heterocycles. The Balaban J connectivity index is 1.80. The summed E-state index contributed by atoms with van der Waals surface area (Å²) in [5.74, 6) is -7.82. The van der Waals surface area contributed by atoms with E-state index in [9.17, 15) is 58.5 Å². The van der Waals surface area contributed by atoms with Gasteiger partial charge in [-0.25, -0.2) is 9.78 Å². The molecule has 2 fully saturated rings. The summed E-state index contributed by atoms with van der Waals surface area (Å²) < 4.78 is 0. The van der Waals surface area contributed by atoms with Crippen LogP contribution in [0.3, 0.4) is 0 Å². The summed E-state index contributed by atoms with van der Waals surface area (Å²) >= 11 is 0. The second-order valence-corrected chi connectivity index (χ2v) is 19.8. The van der Waals surface area contributed by atoms with Crippen LogP contribution in [0.25, 0.3) is 0 Å². The second-order valence-electron chi connectivity index (χ2n) is 19.8. The lowest BCUT2D eigenvalue weighted by Gasteiger charge is -2.33. The van der Waals surface area contributed by atoms with E-state index in [2.05, 4.69) is 46.9 Å². The van der Waals surface area contributed by atoms with Crippen LogP contribution >= 0.6 is 0 Å². The smallest absolute Gasteiger partial charge is 0.326 e. The van der Waals surface area contributed by atoms with E-state index in [1.165, 1.54) is 24.3 Å². The molecule has 8 amide bonds. The third kappa shape index (κ3) is 19.4. The molecule has 0 saturated carbocycles. The van der Waals surface area contributed by atoms with Crippen LogP contribution in [0.4, 0.5) is 0 Å². The van der Waals surface area contributed by atoms with Crippen LogP contribution < -0.4 is 54.8 Å². The number of likely N-dealkylation sites (tertiary alicyclic amines) is 2. The Kier molecular flexibility index (Phi) is 25.6. The van der Waals surface area contributed by atoms with Gasteiger partial charge in [0, 0.05) is 37.9 Å². The van der Waals surface area contributed by atoms with Gasteiger partial charge in [0.05, 0.1) is 25.1 Å². The average Bonchev–Trinajstić information content (AvgIpc) is 4.15. The van der Waals surface area contributed by atoms with Gasteiger partial charge in [0.2, 0.25) is 47.3 Å². The summed E-state index contributed by atoms with van der Waals surface area (Å²) in [6.45, 7) is 8.16. The highest BCUT2D eigenvalue weighted by Gasteiger charge is 2.43. The van der Waals surface area contributed by atoms with Crippen molar-refractivity contribution in [3.05, 3.63) is 18.2 Å². The zero-order valence-electron chi connectivity index (χ0n) is 43.2. The van der Waals surface area contributed by atoms with Crippen LogP contribution in [-0.2, 0) is 49.6 Å². The van der Waals surface area contributed by atoms with Crippen LogP contribution in [-0.4, -0.2) is 188 Å². The van der Waals surface area contributed by atoms with Crippen molar-refractivity contribution in [2.24, 2.45) is 39.8 Å². The first kappa shape index (κ1) is 61.8. The third-order valence-corrected chi connectivity index (χ3v) is 12.7. The number of carboxylic acid groups (broad SMARTS) is 1. The van der Waals surface area contributed by atoms with Gasteiger partial charge in [-0.15, -0.1) is 0 Å². The Bertz CT molecular complexity index is 2070. The first-order chi connectivity index (χ1) is 35.0. The van der Waals surface area contributed by atoms with Crippen molar-refractivity contribution in [3.8, 4) is 0 Å². The molecule has 1 aromatic rings. The zero-order chi connectivity index (χ0) is 55.2. The molecule has 1 aromatic heterocycles. The molecule has 0 unspecified atom stereocenters. The molecular weight excluding hydrogens is 967 g/mol. The average molecular weight is 1050 g/mol. The fraction of sp³-hybridized carbons (Fsp3) is 0.723. The number of amides is 8. The minimum absolute atomic E-state index is 0.00221. The SMILES string of the molecule is CC(C)C[C@H](NC(=O)[C@@H]1CCCN1C(=O)[C@H](CCCN=C(N)N)NC(=O)[C@@H]1CCCN1C(=O)[C@@H](NC(=O)[C@H](CO)NC(=O)[C@H](Cc1cnc[nH]1)NC(=O)[C@H](CC(C)C)NC(=O)[C@@H](N)CCCCN)[C@@H](C)O)C(=O)O. The molecule has 27 nitrogen and oxygen atoms in total. The fourth-order valence-corrected chi connectivity index (χ4v) is 8.80. The third-order valence-electron chi connectivity index (χ3n) is 12.7. The van der Waals surface area contributed by atoms with Crippen LogP contribution in [0.1, 0.15) is 111 Å². The second kappa shape index (κ2) is 30.7. The number of aliphatic hydroxyl groups excluding tert-OH is 2. The molecule has 0 radical (unpaired) electrons. The lowest BCUT2D eigenvalue weighted by molar-refractivity contribution is -0.146. The molecule has 3 rings (SSSR count). The molecule has 0 bridgehead atoms. The van der Waals surface area contributed by atoms with Crippen molar-refractivity contribution in [1.82, 2.24) is 51.7 Å². The van der Waals surface area contributed by atoms with Crippen molar-refractivity contribution in [3.63, 3.8) is 0 Å². The Morgan fingerprint density at radius 1 is 0.716 bits per heavy atom. The number of aliphatic hydroxyl groups is 2. The lowest BCUT2D eigenvalue weighted by atomic mass is 10.0. The van der Waals surface area contributed by atoms with Crippen molar-refractivity contribution < 1.29 is 58.5 Å². The topological polar surface area (TPSA) is 438 Å². The summed E-state index contributed by atoms with van der Waals surface area (Å²) in [7, 11) is 0. The van der Waals surface area contributed by atoms with E-state index in [4.69, 9.17) is 22.9 Å². The van der Waals surface area contributed by atoms with Crippen LogP contribution in [0.2, 0.25) is 0 Å². The van der Waals surface area contributed by atoms with E-state index in [0.29, 0.717) is 44.3 Å². The van der Waals surface area contributed by atoms with Crippen molar-refractivity contribution in [2.75, 3.05) is 32.8 Å². The lowest BCUT2D eigenvalue weighted by Crippen LogP contribution is -2.62. The molecule has 0 spiro atoms. The summed E-state index contributed by atoms with van der Waals surface area (Å²) in [5, 5.41) is 46.4. The number of nitrogens with zero attached hydrogens (tertiary/aromatic N) is 4. The van der Waals surface area contributed by atoms with Gasteiger partial charge in [-0.05, 0) is 89.5 Å². The Labute approximate surface area is 431 Å². The Hall–Kier alpha value is -6.45. The van der Waals surface area contributed by atoms with Gasteiger partial charge in [-0.3, -0.25) is 43.3 Å². The number of H-pyrrole nitrogens is 1. The number of aliphatic imine (C=N–C) groups is 1. The molecule has 27 heteroatoms. The first-order valence-corrected chi connectivity index (χ1v) is 25.4. The first-order valence-electron chi connectivity index (χ1n) is 25.4. The Morgan fingerprint density at radius 2 is 1.26 bits per heavy atom. The number of nitrogens with one attached hydrogen (secondary N) is 7. The molecule has 0 aromatic carbocycles. The van der Waals surface area contributed by atoms with Crippen LogP contribution in [0.5, 0.6) is 0 Å². The van der Waals surface area contributed by atoms with E-state index >= 15 is 0 Å². The molecule has 2 saturated heterocycles. The molecule has 0 aliphatic carbocycles. The minimum Gasteiger partial charge on any atom is -0.480 e. The maximum absolute atomic E-state index is 14.2. The predicted octanol–water partition coefficient (Wildman–Crippen LogP) is -4.10. The number of nitrogens with two attached hydrogens (primary N) is 4. The number of guanidine groups is 1. The number of carbonyl (C=O) groups excluding carboxylic acids is 8. The predicted molar refractivity (Wildman–Crippen MR) is 269 cm³/mol. The number of aromatic nitrogens is 2. The highest BCUT2D eigenvalue weighted by molar-refractivity contribution is 5.98. The summed E-state index contributed by atoms with van der Waals surface area (Å²) in [6, 6.07) is -11.5. The number of hydrogen-bond donors (Lipinski definition) is 14.